The topological polar surface area (TPSA) is 12.2 Å². The highest BCUT2D eigenvalue weighted by atomic mass is 16.5. The minimum Gasteiger partial charge on any atom is -0.475 e. The summed E-state index contributed by atoms with van der Waals surface area (Å²) in [4.78, 5) is 2.10. The van der Waals surface area contributed by atoms with E-state index in [9.17, 15) is 0 Å². The van der Waals surface area contributed by atoms with Crippen molar-refractivity contribution in [3.8, 4) is 0 Å². The van der Waals surface area contributed by atoms with E-state index in [2.05, 4.69) is 23.6 Å². The van der Waals surface area contributed by atoms with Crippen molar-refractivity contribution < 1.29 is 4.74 Å². The Bertz CT molecular complexity index is 290. The van der Waals surface area contributed by atoms with Crippen molar-refractivity contribution in [3.63, 3.8) is 0 Å². The van der Waals surface area contributed by atoms with Gasteiger partial charge >= 0.3 is 0 Å². The van der Waals surface area contributed by atoms with Crippen LogP contribution in [0, 0.1) is 0 Å². The molecule has 1 aliphatic rings. The van der Waals surface area contributed by atoms with Gasteiger partial charge in [-0.25, -0.2) is 0 Å². The van der Waals surface area contributed by atoms with Crippen molar-refractivity contribution in [2.45, 2.75) is 6.61 Å². The van der Waals surface area contributed by atoms with Crippen LogP contribution in [-0.2, 0) is 11.3 Å². The molecule has 0 bridgehead atoms. The molecule has 1 aliphatic heterocycles. The second kappa shape index (κ2) is 3.52. The molecule has 0 atom stereocenters. The van der Waals surface area contributed by atoms with Crippen LogP contribution >= 0.6 is 0 Å². The third-order valence-corrected chi connectivity index (χ3v) is 2.05. The normalized spacial score (nSPS) is 14.0. The van der Waals surface area contributed by atoms with Crippen molar-refractivity contribution in [3.05, 3.63) is 48.4 Å². The molecule has 0 aliphatic carbocycles. The highest BCUT2D eigenvalue weighted by molar-refractivity contribution is 5.13. The smallest absolute Gasteiger partial charge is 0.182 e. The first-order valence-corrected chi connectivity index (χ1v) is 4.47. The summed E-state index contributed by atoms with van der Waals surface area (Å²) in [6, 6.07) is 10.1. The van der Waals surface area contributed by atoms with E-state index >= 15 is 0 Å². The zero-order valence-corrected chi connectivity index (χ0v) is 7.57. The zero-order valence-electron chi connectivity index (χ0n) is 7.57. The van der Waals surface area contributed by atoms with Gasteiger partial charge in [0.25, 0.3) is 0 Å². The number of rotatable bonds is 4. The van der Waals surface area contributed by atoms with Gasteiger partial charge in [-0.1, -0.05) is 30.3 Å². The lowest BCUT2D eigenvalue weighted by Gasteiger charge is -2.09. The standard InChI is InChI=1S/C11H13NO/c1-10(12-7-8-12)13-9-11-5-3-2-4-6-11/h2-6H,1,7-9H2. The van der Waals surface area contributed by atoms with E-state index in [0.717, 1.165) is 19.0 Å². The molecular formula is C11H13NO. The summed E-state index contributed by atoms with van der Waals surface area (Å²) in [5, 5.41) is 0. The first-order valence-electron chi connectivity index (χ1n) is 4.47. The van der Waals surface area contributed by atoms with Gasteiger partial charge in [-0.3, -0.25) is 0 Å². The van der Waals surface area contributed by atoms with Gasteiger partial charge in [0.05, 0.1) is 0 Å². The maximum absolute atomic E-state index is 5.48. The van der Waals surface area contributed by atoms with Crippen LogP contribution in [0.1, 0.15) is 5.56 Å². The Hall–Kier alpha value is -1.44. The Morgan fingerprint density at radius 2 is 2.00 bits per heavy atom. The van der Waals surface area contributed by atoms with Crippen molar-refractivity contribution in [1.82, 2.24) is 4.90 Å². The first kappa shape index (κ1) is 8.17. The van der Waals surface area contributed by atoms with Gasteiger partial charge in [0.2, 0.25) is 0 Å². The molecule has 2 rings (SSSR count). The minimum absolute atomic E-state index is 0.621. The number of ether oxygens (including phenoxy) is 1. The molecule has 1 heterocycles. The average molecular weight is 175 g/mol. The summed E-state index contributed by atoms with van der Waals surface area (Å²) in [5.74, 6) is 0.795. The Balaban J connectivity index is 1.82. The quantitative estimate of drug-likeness (QED) is 0.512. The maximum Gasteiger partial charge on any atom is 0.182 e. The highest BCUT2D eigenvalue weighted by Crippen LogP contribution is 2.15. The van der Waals surface area contributed by atoms with Crippen molar-refractivity contribution in [1.29, 1.82) is 0 Å². The van der Waals surface area contributed by atoms with Crippen molar-refractivity contribution in [2.24, 2.45) is 0 Å². The first-order chi connectivity index (χ1) is 6.36. The van der Waals surface area contributed by atoms with Crippen LogP contribution in [0.4, 0.5) is 0 Å². The molecule has 0 saturated carbocycles. The van der Waals surface area contributed by atoms with E-state index in [-0.39, 0.29) is 0 Å². The summed E-state index contributed by atoms with van der Waals surface area (Å²) in [5.41, 5.74) is 1.19. The number of hydrogen-bond acceptors (Lipinski definition) is 2. The Kier molecular flexibility index (Phi) is 2.21. The lowest BCUT2D eigenvalue weighted by atomic mass is 10.2. The van der Waals surface area contributed by atoms with Crippen LogP contribution in [0.25, 0.3) is 0 Å². The molecule has 2 nitrogen and oxygen atoms in total. The van der Waals surface area contributed by atoms with Gasteiger partial charge in [0.1, 0.15) is 6.61 Å². The highest BCUT2D eigenvalue weighted by Gasteiger charge is 2.19. The second-order valence-electron chi connectivity index (χ2n) is 3.16. The molecule has 1 aromatic rings. The van der Waals surface area contributed by atoms with Crippen LogP contribution in [0.2, 0.25) is 0 Å². The van der Waals surface area contributed by atoms with Gasteiger partial charge in [0, 0.05) is 13.1 Å². The Morgan fingerprint density at radius 3 is 2.62 bits per heavy atom. The lowest BCUT2D eigenvalue weighted by Crippen LogP contribution is -2.00. The number of benzene rings is 1. The molecule has 2 heteroatoms. The van der Waals surface area contributed by atoms with E-state index in [1.54, 1.807) is 0 Å². The molecule has 0 unspecified atom stereocenters. The molecule has 13 heavy (non-hydrogen) atoms. The largest absolute Gasteiger partial charge is 0.475 e. The Labute approximate surface area is 78.4 Å². The molecule has 0 radical (unpaired) electrons. The average Bonchev–Trinajstić information content (AvgIpc) is 2.99. The van der Waals surface area contributed by atoms with Gasteiger partial charge in [-0.15, -0.1) is 0 Å². The van der Waals surface area contributed by atoms with E-state index in [4.69, 9.17) is 4.74 Å². The van der Waals surface area contributed by atoms with E-state index in [1.807, 2.05) is 18.2 Å². The summed E-state index contributed by atoms with van der Waals surface area (Å²) < 4.78 is 5.48. The van der Waals surface area contributed by atoms with E-state index in [1.165, 1.54) is 5.56 Å². The van der Waals surface area contributed by atoms with Crippen LogP contribution in [0.15, 0.2) is 42.8 Å². The monoisotopic (exact) mass is 175 g/mol. The second-order valence-corrected chi connectivity index (χ2v) is 3.16. The van der Waals surface area contributed by atoms with Gasteiger partial charge in [0.15, 0.2) is 5.88 Å². The summed E-state index contributed by atoms with van der Waals surface area (Å²) >= 11 is 0. The van der Waals surface area contributed by atoms with Crippen molar-refractivity contribution >= 4 is 0 Å². The van der Waals surface area contributed by atoms with Gasteiger partial charge < -0.3 is 9.64 Å². The fourth-order valence-corrected chi connectivity index (χ4v) is 1.13. The molecule has 68 valence electrons. The fraction of sp³-hybridized carbons (Fsp3) is 0.273. The molecule has 0 aromatic heterocycles. The molecule has 1 fully saturated rings. The SMILES string of the molecule is C=C(OCc1ccccc1)N1CC1. The predicted octanol–water partition coefficient (Wildman–Crippen LogP) is 1.99. The molecule has 0 N–H and O–H groups in total. The van der Waals surface area contributed by atoms with Crippen LogP contribution in [-0.4, -0.2) is 18.0 Å². The summed E-state index contributed by atoms with van der Waals surface area (Å²) in [6.45, 7) is 6.64. The molecule has 0 amide bonds. The van der Waals surface area contributed by atoms with E-state index in [0.29, 0.717) is 6.61 Å². The summed E-state index contributed by atoms with van der Waals surface area (Å²) in [7, 11) is 0. The fourth-order valence-electron chi connectivity index (χ4n) is 1.13. The van der Waals surface area contributed by atoms with Gasteiger partial charge in [-0.05, 0) is 12.1 Å². The number of hydrogen-bond donors (Lipinski definition) is 0. The van der Waals surface area contributed by atoms with Crippen molar-refractivity contribution in [2.75, 3.05) is 13.1 Å². The lowest BCUT2D eigenvalue weighted by molar-refractivity contribution is 0.154. The molecule has 0 spiro atoms. The third-order valence-electron chi connectivity index (χ3n) is 2.05. The van der Waals surface area contributed by atoms with Gasteiger partial charge in [-0.2, -0.15) is 0 Å². The predicted molar refractivity (Wildman–Crippen MR) is 51.9 cm³/mol. The van der Waals surface area contributed by atoms with Crippen LogP contribution in [0.5, 0.6) is 0 Å². The zero-order chi connectivity index (χ0) is 9.10. The minimum atomic E-state index is 0.621. The molecule has 1 aromatic carbocycles. The van der Waals surface area contributed by atoms with Crippen LogP contribution < -0.4 is 0 Å². The molecule has 1 saturated heterocycles. The van der Waals surface area contributed by atoms with Crippen LogP contribution in [0.3, 0.4) is 0 Å². The maximum atomic E-state index is 5.48. The third kappa shape index (κ3) is 2.25. The van der Waals surface area contributed by atoms with E-state index < -0.39 is 0 Å². The number of nitrogens with zero attached hydrogens (tertiary/aromatic N) is 1. The molecular weight excluding hydrogens is 162 g/mol. The Morgan fingerprint density at radius 1 is 1.31 bits per heavy atom. The summed E-state index contributed by atoms with van der Waals surface area (Å²) in [6.07, 6.45) is 0.